The zero-order chi connectivity index (χ0) is 14.1. The second-order valence-corrected chi connectivity index (χ2v) is 4.50. The van der Waals surface area contributed by atoms with Crippen LogP contribution in [-0.2, 0) is 13.1 Å². The van der Waals surface area contributed by atoms with Crippen LogP contribution < -0.4 is 11.4 Å². The summed E-state index contributed by atoms with van der Waals surface area (Å²) in [5.74, 6) is -0.369. The van der Waals surface area contributed by atoms with E-state index < -0.39 is 0 Å². The molecule has 3 rings (SSSR count). The number of nitrogens with two attached hydrogens (primary N) is 1. The van der Waals surface area contributed by atoms with Crippen molar-refractivity contribution in [1.82, 2.24) is 14.2 Å². The summed E-state index contributed by atoms with van der Waals surface area (Å²) in [6.07, 6.45) is 1.63. The SMILES string of the molecule is NCc1ccc(F)c(Cn2nc3ccccn3c2=O)c1. The average Bonchev–Trinajstić information content (AvgIpc) is 2.78. The van der Waals surface area contributed by atoms with Gasteiger partial charge in [0.15, 0.2) is 5.65 Å². The Morgan fingerprint density at radius 1 is 1.25 bits per heavy atom. The quantitative estimate of drug-likeness (QED) is 0.777. The molecule has 6 heteroatoms. The van der Waals surface area contributed by atoms with E-state index in [2.05, 4.69) is 5.10 Å². The molecule has 3 aromatic rings. The molecule has 2 aromatic heterocycles. The first-order valence-corrected chi connectivity index (χ1v) is 6.20. The van der Waals surface area contributed by atoms with Crippen LogP contribution in [-0.4, -0.2) is 14.2 Å². The van der Waals surface area contributed by atoms with Gasteiger partial charge in [-0.3, -0.25) is 4.40 Å². The normalized spacial score (nSPS) is 11.1. The summed E-state index contributed by atoms with van der Waals surface area (Å²) in [7, 11) is 0. The zero-order valence-electron chi connectivity index (χ0n) is 10.7. The average molecular weight is 272 g/mol. The van der Waals surface area contributed by atoms with Crippen LogP contribution in [0.1, 0.15) is 11.1 Å². The van der Waals surface area contributed by atoms with Crippen molar-refractivity contribution in [1.29, 1.82) is 0 Å². The fourth-order valence-electron chi connectivity index (χ4n) is 2.11. The van der Waals surface area contributed by atoms with Crippen molar-refractivity contribution < 1.29 is 4.39 Å². The van der Waals surface area contributed by atoms with Gasteiger partial charge in [-0.25, -0.2) is 13.9 Å². The first-order valence-electron chi connectivity index (χ1n) is 6.20. The molecule has 0 saturated heterocycles. The summed E-state index contributed by atoms with van der Waals surface area (Å²) in [6, 6.07) is 9.91. The third kappa shape index (κ3) is 2.10. The second-order valence-electron chi connectivity index (χ2n) is 4.50. The van der Waals surface area contributed by atoms with Crippen LogP contribution in [0.25, 0.3) is 5.65 Å². The second kappa shape index (κ2) is 4.90. The van der Waals surface area contributed by atoms with Crippen LogP contribution in [0.5, 0.6) is 0 Å². The van der Waals surface area contributed by atoms with Gasteiger partial charge < -0.3 is 5.73 Å². The lowest BCUT2D eigenvalue weighted by Gasteiger charge is -2.04. The van der Waals surface area contributed by atoms with Gasteiger partial charge in [0.25, 0.3) is 0 Å². The third-order valence-electron chi connectivity index (χ3n) is 3.15. The van der Waals surface area contributed by atoms with Gasteiger partial charge in [-0.1, -0.05) is 12.1 Å². The molecule has 0 amide bonds. The maximum absolute atomic E-state index is 13.8. The predicted octanol–water partition coefficient (Wildman–Crippen LogP) is 1.14. The van der Waals surface area contributed by atoms with Gasteiger partial charge in [-0.15, -0.1) is 5.10 Å². The summed E-state index contributed by atoms with van der Waals surface area (Å²) in [6.45, 7) is 0.410. The Kier molecular flexibility index (Phi) is 3.08. The summed E-state index contributed by atoms with van der Waals surface area (Å²) >= 11 is 0. The number of aromatic nitrogens is 3. The Bertz CT molecular complexity index is 821. The van der Waals surface area contributed by atoms with E-state index >= 15 is 0 Å². The molecule has 0 radical (unpaired) electrons. The van der Waals surface area contributed by atoms with E-state index in [0.29, 0.717) is 17.8 Å². The van der Waals surface area contributed by atoms with Gasteiger partial charge >= 0.3 is 5.69 Å². The standard InChI is InChI=1S/C14H13FN4O/c15-12-5-4-10(8-16)7-11(12)9-19-14(20)18-6-2-1-3-13(18)17-19/h1-7H,8-9,16H2. The molecule has 0 aliphatic heterocycles. The fraction of sp³-hybridized carbons (Fsp3) is 0.143. The lowest BCUT2D eigenvalue weighted by atomic mass is 10.1. The van der Waals surface area contributed by atoms with E-state index in [0.717, 1.165) is 5.56 Å². The molecule has 1 aromatic carbocycles. The Morgan fingerprint density at radius 2 is 2.10 bits per heavy atom. The van der Waals surface area contributed by atoms with Crippen molar-refractivity contribution in [3.05, 3.63) is 70.0 Å². The number of nitrogens with zero attached hydrogens (tertiary/aromatic N) is 3. The lowest BCUT2D eigenvalue weighted by Crippen LogP contribution is -2.22. The van der Waals surface area contributed by atoms with Crippen molar-refractivity contribution >= 4 is 5.65 Å². The highest BCUT2D eigenvalue weighted by Crippen LogP contribution is 2.11. The molecule has 2 heterocycles. The molecule has 0 aliphatic rings. The van der Waals surface area contributed by atoms with E-state index in [4.69, 9.17) is 5.73 Å². The van der Waals surface area contributed by atoms with Crippen molar-refractivity contribution in [2.45, 2.75) is 13.1 Å². The highest BCUT2D eigenvalue weighted by molar-refractivity contribution is 5.35. The van der Waals surface area contributed by atoms with E-state index in [1.165, 1.54) is 15.1 Å². The van der Waals surface area contributed by atoms with Crippen LogP contribution in [0.3, 0.4) is 0 Å². The van der Waals surface area contributed by atoms with Crippen LogP contribution in [0.15, 0.2) is 47.4 Å². The van der Waals surface area contributed by atoms with Crippen LogP contribution in [0, 0.1) is 5.82 Å². The maximum Gasteiger partial charge on any atom is 0.350 e. The van der Waals surface area contributed by atoms with Crippen molar-refractivity contribution in [2.24, 2.45) is 5.73 Å². The van der Waals surface area contributed by atoms with Gasteiger partial charge in [-0.05, 0) is 29.8 Å². The topological polar surface area (TPSA) is 65.3 Å². The molecular weight excluding hydrogens is 259 g/mol. The largest absolute Gasteiger partial charge is 0.350 e. The molecule has 0 atom stereocenters. The van der Waals surface area contributed by atoms with E-state index in [1.807, 2.05) is 0 Å². The molecule has 20 heavy (non-hydrogen) atoms. The van der Waals surface area contributed by atoms with Gasteiger partial charge in [-0.2, -0.15) is 0 Å². The summed E-state index contributed by atoms with van der Waals surface area (Å²) in [5.41, 5.74) is 7.00. The van der Waals surface area contributed by atoms with Crippen molar-refractivity contribution in [3.8, 4) is 0 Å². The van der Waals surface area contributed by atoms with Gasteiger partial charge in [0.1, 0.15) is 5.82 Å². The minimum atomic E-state index is -0.369. The van der Waals surface area contributed by atoms with Crippen LogP contribution >= 0.6 is 0 Å². The third-order valence-corrected chi connectivity index (χ3v) is 3.15. The highest BCUT2D eigenvalue weighted by atomic mass is 19.1. The van der Waals surface area contributed by atoms with Gasteiger partial charge in [0, 0.05) is 18.3 Å². The summed E-state index contributed by atoms with van der Waals surface area (Å²) in [4.78, 5) is 12.1. The summed E-state index contributed by atoms with van der Waals surface area (Å²) in [5, 5.41) is 4.17. The van der Waals surface area contributed by atoms with E-state index in [-0.39, 0.29) is 18.1 Å². The lowest BCUT2D eigenvalue weighted by molar-refractivity contribution is 0.577. The monoisotopic (exact) mass is 272 g/mol. The molecule has 102 valence electrons. The molecule has 0 fully saturated rings. The number of fused-ring (bicyclic) bond motifs is 1. The van der Waals surface area contributed by atoms with Gasteiger partial charge in [0.05, 0.1) is 6.54 Å². The molecule has 0 aliphatic carbocycles. The smallest absolute Gasteiger partial charge is 0.326 e. The van der Waals surface area contributed by atoms with Crippen LogP contribution in [0.4, 0.5) is 4.39 Å². The van der Waals surface area contributed by atoms with E-state index in [9.17, 15) is 9.18 Å². The molecule has 0 bridgehead atoms. The predicted molar refractivity (Wildman–Crippen MR) is 72.8 cm³/mol. The number of benzene rings is 1. The molecule has 0 spiro atoms. The molecule has 2 N–H and O–H groups in total. The first-order chi connectivity index (χ1) is 9.69. The molecule has 5 nitrogen and oxygen atoms in total. The fourth-order valence-corrected chi connectivity index (χ4v) is 2.11. The number of pyridine rings is 1. The van der Waals surface area contributed by atoms with Gasteiger partial charge in [0.2, 0.25) is 0 Å². The molecule has 0 saturated carbocycles. The zero-order valence-corrected chi connectivity index (χ0v) is 10.7. The van der Waals surface area contributed by atoms with Crippen molar-refractivity contribution in [2.75, 3.05) is 0 Å². The Labute approximate surface area is 114 Å². The summed E-state index contributed by atoms with van der Waals surface area (Å²) < 4.78 is 16.5. The number of hydrogen-bond donors (Lipinski definition) is 1. The number of hydrogen-bond acceptors (Lipinski definition) is 3. The number of rotatable bonds is 3. The highest BCUT2D eigenvalue weighted by Gasteiger charge is 2.09. The van der Waals surface area contributed by atoms with Crippen molar-refractivity contribution in [3.63, 3.8) is 0 Å². The van der Waals surface area contributed by atoms with E-state index in [1.54, 1.807) is 36.5 Å². The Balaban J connectivity index is 2.05. The Morgan fingerprint density at radius 3 is 2.85 bits per heavy atom. The minimum absolute atomic E-state index is 0.0835. The molecule has 0 unspecified atom stereocenters. The Hall–Kier alpha value is -2.47. The first kappa shape index (κ1) is 12.6. The maximum atomic E-state index is 13.8. The van der Waals surface area contributed by atoms with Crippen LogP contribution in [0.2, 0.25) is 0 Å². The minimum Gasteiger partial charge on any atom is -0.326 e. The molecular formula is C14H13FN4O. The number of halogens is 1.